The Bertz CT molecular complexity index is 863. The average Bonchev–Trinajstić information content (AvgIpc) is 3.15. The minimum Gasteiger partial charge on any atom is -0.396 e. The maximum absolute atomic E-state index is 13.0. The molecular weight excluding hydrogens is 387 g/mol. The summed E-state index contributed by atoms with van der Waals surface area (Å²) in [5.74, 6) is -1.19. The summed E-state index contributed by atoms with van der Waals surface area (Å²) < 4.78 is 40.5. The van der Waals surface area contributed by atoms with E-state index in [2.05, 4.69) is 0 Å². The number of aromatic nitrogens is 1. The number of rotatable bonds is 5. The predicted molar refractivity (Wildman–Crippen MR) is 102 cm³/mol. The summed E-state index contributed by atoms with van der Waals surface area (Å²) in [5.41, 5.74) is 0.889. The standard InChI is InChI=1S/C20H26F3N3O3/c1-4-5-12-6-7-15-16-13(10-26(15)18(12)28)14(11-27)17(19(29)24(2)3)25(16)9-8-20(21,22)23/h4-7,13-14,16-17,27H,8-11H2,1-3H3/b5-4-/t13-,14-,16+,17-/m1/s1. The number of carbonyl (C=O) groups excluding carboxylic acids is 1. The molecule has 3 heterocycles. The summed E-state index contributed by atoms with van der Waals surface area (Å²) >= 11 is 0. The molecule has 0 aliphatic carbocycles. The molecule has 2 aliphatic rings. The molecule has 0 saturated carbocycles. The lowest BCUT2D eigenvalue weighted by molar-refractivity contribution is -0.146. The van der Waals surface area contributed by atoms with E-state index in [1.54, 1.807) is 49.9 Å². The summed E-state index contributed by atoms with van der Waals surface area (Å²) in [6.45, 7) is 1.37. The minimum atomic E-state index is -4.37. The molecule has 0 bridgehead atoms. The number of allylic oxidation sites excluding steroid dienone is 1. The van der Waals surface area contributed by atoms with Gasteiger partial charge in [0.1, 0.15) is 0 Å². The van der Waals surface area contributed by atoms with Gasteiger partial charge in [0.25, 0.3) is 5.56 Å². The summed E-state index contributed by atoms with van der Waals surface area (Å²) in [6, 6.07) is 2.04. The van der Waals surface area contributed by atoms with Gasteiger partial charge in [0, 0.05) is 56.9 Å². The lowest BCUT2D eigenvalue weighted by Crippen LogP contribution is -2.48. The first-order chi connectivity index (χ1) is 13.6. The fourth-order valence-electron chi connectivity index (χ4n) is 4.69. The number of carbonyl (C=O) groups is 1. The summed E-state index contributed by atoms with van der Waals surface area (Å²) in [6.07, 6.45) is -2.00. The Kier molecular flexibility index (Phi) is 5.91. The zero-order valence-corrected chi connectivity index (χ0v) is 16.7. The van der Waals surface area contributed by atoms with Crippen LogP contribution in [0, 0.1) is 11.8 Å². The molecule has 0 spiro atoms. The van der Waals surface area contributed by atoms with Gasteiger partial charge in [-0.2, -0.15) is 13.2 Å². The van der Waals surface area contributed by atoms with E-state index in [1.165, 1.54) is 9.80 Å². The maximum Gasteiger partial charge on any atom is 0.390 e. The monoisotopic (exact) mass is 413 g/mol. The van der Waals surface area contributed by atoms with Crippen molar-refractivity contribution in [1.29, 1.82) is 0 Å². The van der Waals surface area contributed by atoms with Crippen molar-refractivity contribution >= 4 is 12.0 Å². The zero-order chi connectivity index (χ0) is 21.5. The van der Waals surface area contributed by atoms with Crippen molar-refractivity contribution in [3.63, 3.8) is 0 Å². The second-order valence-corrected chi connectivity index (χ2v) is 7.86. The number of likely N-dealkylation sites (tertiary alicyclic amines) is 1. The molecule has 3 rings (SSSR count). The first-order valence-corrected chi connectivity index (χ1v) is 9.61. The van der Waals surface area contributed by atoms with E-state index in [0.29, 0.717) is 11.3 Å². The van der Waals surface area contributed by atoms with Crippen LogP contribution >= 0.6 is 0 Å². The Labute approximate surface area is 167 Å². The number of alkyl halides is 3. The number of hydrogen-bond acceptors (Lipinski definition) is 4. The van der Waals surface area contributed by atoms with Crippen molar-refractivity contribution in [2.24, 2.45) is 11.8 Å². The molecule has 29 heavy (non-hydrogen) atoms. The molecule has 1 amide bonds. The molecule has 1 N–H and O–H groups in total. The third kappa shape index (κ3) is 3.85. The van der Waals surface area contributed by atoms with E-state index >= 15 is 0 Å². The second-order valence-electron chi connectivity index (χ2n) is 7.86. The number of hydrogen-bond donors (Lipinski definition) is 1. The minimum absolute atomic E-state index is 0.210. The molecule has 0 radical (unpaired) electrons. The lowest BCUT2D eigenvalue weighted by atomic mass is 9.88. The Morgan fingerprint density at radius 2 is 2.03 bits per heavy atom. The molecule has 4 atom stereocenters. The van der Waals surface area contributed by atoms with Crippen LogP contribution < -0.4 is 5.56 Å². The maximum atomic E-state index is 13.0. The van der Waals surface area contributed by atoms with Crippen molar-refractivity contribution in [2.45, 2.75) is 38.1 Å². The van der Waals surface area contributed by atoms with Crippen LogP contribution in [0.3, 0.4) is 0 Å². The number of nitrogens with zero attached hydrogens (tertiary/aromatic N) is 3. The quantitative estimate of drug-likeness (QED) is 0.801. The van der Waals surface area contributed by atoms with Crippen molar-refractivity contribution in [2.75, 3.05) is 27.2 Å². The smallest absolute Gasteiger partial charge is 0.390 e. The Balaban J connectivity index is 2.07. The van der Waals surface area contributed by atoms with Gasteiger partial charge in [-0.05, 0) is 19.1 Å². The highest BCUT2D eigenvalue weighted by Gasteiger charge is 2.56. The number of pyridine rings is 1. The van der Waals surface area contributed by atoms with Crippen LogP contribution in [0.15, 0.2) is 23.0 Å². The van der Waals surface area contributed by atoms with Crippen molar-refractivity contribution in [3.8, 4) is 0 Å². The first kappa shape index (κ1) is 21.6. The Morgan fingerprint density at radius 3 is 2.59 bits per heavy atom. The van der Waals surface area contributed by atoms with Gasteiger partial charge in [-0.25, -0.2) is 0 Å². The van der Waals surface area contributed by atoms with E-state index < -0.39 is 30.6 Å². The van der Waals surface area contributed by atoms with Crippen LogP contribution in [0.2, 0.25) is 0 Å². The number of fused-ring (bicyclic) bond motifs is 3. The van der Waals surface area contributed by atoms with E-state index in [9.17, 15) is 27.9 Å². The molecular formula is C20H26F3N3O3. The molecule has 1 fully saturated rings. The number of aliphatic hydroxyl groups is 1. The van der Waals surface area contributed by atoms with E-state index in [4.69, 9.17) is 0 Å². The topological polar surface area (TPSA) is 65.8 Å². The lowest BCUT2D eigenvalue weighted by Gasteiger charge is -2.32. The van der Waals surface area contributed by atoms with E-state index in [-0.39, 0.29) is 37.1 Å². The average molecular weight is 413 g/mol. The van der Waals surface area contributed by atoms with Crippen LogP contribution in [0.1, 0.15) is 30.6 Å². The highest BCUT2D eigenvalue weighted by Crippen LogP contribution is 2.49. The van der Waals surface area contributed by atoms with Crippen LogP contribution in [-0.4, -0.2) is 64.8 Å². The Hall–Kier alpha value is -2.13. The van der Waals surface area contributed by atoms with Gasteiger partial charge in [-0.15, -0.1) is 0 Å². The van der Waals surface area contributed by atoms with Gasteiger partial charge >= 0.3 is 6.18 Å². The second kappa shape index (κ2) is 7.95. The number of aliphatic hydroxyl groups excluding tert-OH is 1. The van der Waals surface area contributed by atoms with E-state index in [1.807, 2.05) is 0 Å². The predicted octanol–water partition coefficient (Wildman–Crippen LogP) is 1.89. The summed E-state index contributed by atoms with van der Waals surface area (Å²) in [4.78, 5) is 28.5. The van der Waals surface area contributed by atoms with Crippen LogP contribution in [-0.2, 0) is 11.3 Å². The molecule has 1 aromatic heterocycles. The number of amides is 1. The largest absolute Gasteiger partial charge is 0.396 e. The Morgan fingerprint density at radius 1 is 1.34 bits per heavy atom. The van der Waals surface area contributed by atoms with Crippen LogP contribution in [0.5, 0.6) is 0 Å². The molecule has 9 heteroatoms. The number of likely N-dealkylation sites (N-methyl/N-ethyl adjacent to an activating group) is 1. The van der Waals surface area contributed by atoms with Gasteiger partial charge in [0.05, 0.1) is 18.5 Å². The molecule has 1 saturated heterocycles. The highest BCUT2D eigenvalue weighted by atomic mass is 19.4. The van der Waals surface area contributed by atoms with Crippen LogP contribution in [0.4, 0.5) is 13.2 Å². The number of halogens is 3. The first-order valence-electron chi connectivity index (χ1n) is 9.61. The molecule has 1 aromatic rings. The van der Waals surface area contributed by atoms with Gasteiger partial charge in [-0.3, -0.25) is 14.5 Å². The molecule has 2 aliphatic heterocycles. The third-order valence-electron chi connectivity index (χ3n) is 5.91. The molecule has 0 unspecified atom stereocenters. The fraction of sp³-hybridized carbons (Fsp3) is 0.600. The third-order valence-corrected chi connectivity index (χ3v) is 5.91. The summed E-state index contributed by atoms with van der Waals surface area (Å²) in [5, 5.41) is 10.0. The normalized spacial score (nSPS) is 26.7. The van der Waals surface area contributed by atoms with Crippen LogP contribution in [0.25, 0.3) is 6.08 Å². The van der Waals surface area contributed by atoms with Crippen molar-refractivity contribution in [3.05, 3.63) is 39.8 Å². The van der Waals surface area contributed by atoms with Gasteiger partial charge < -0.3 is 14.6 Å². The van der Waals surface area contributed by atoms with Crippen molar-refractivity contribution in [1.82, 2.24) is 14.4 Å². The van der Waals surface area contributed by atoms with Gasteiger partial charge in [-0.1, -0.05) is 12.2 Å². The zero-order valence-electron chi connectivity index (χ0n) is 16.7. The highest BCUT2D eigenvalue weighted by molar-refractivity contribution is 5.82. The summed E-state index contributed by atoms with van der Waals surface area (Å²) in [7, 11) is 3.10. The van der Waals surface area contributed by atoms with Gasteiger partial charge in [0.15, 0.2) is 0 Å². The molecule has 160 valence electrons. The fourth-order valence-corrected chi connectivity index (χ4v) is 4.69. The molecule has 6 nitrogen and oxygen atoms in total. The van der Waals surface area contributed by atoms with Crippen molar-refractivity contribution < 1.29 is 23.1 Å². The SMILES string of the molecule is C/C=C\c1ccc2n(c1=O)C[C@@H]1[C@@H](CO)[C@H](C(=O)N(C)C)N(CCC(F)(F)F)[C@H]21. The van der Waals surface area contributed by atoms with Gasteiger partial charge in [0.2, 0.25) is 5.91 Å². The van der Waals surface area contributed by atoms with E-state index in [0.717, 1.165) is 0 Å². The molecule has 0 aromatic carbocycles.